The van der Waals surface area contributed by atoms with Gasteiger partial charge in [-0.05, 0) is 24.3 Å². The van der Waals surface area contributed by atoms with Gasteiger partial charge in [0, 0.05) is 22.1 Å². The van der Waals surface area contributed by atoms with Gasteiger partial charge in [-0.1, -0.05) is 49.3 Å². The maximum Gasteiger partial charge on any atom is 0.237 e. The van der Waals surface area contributed by atoms with Gasteiger partial charge in [0.25, 0.3) is 0 Å². The molecule has 0 atom stereocenters. The number of nitrogens with one attached hydrogen (secondary N) is 1. The van der Waals surface area contributed by atoms with E-state index in [4.69, 9.17) is 22.0 Å². The lowest BCUT2D eigenvalue weighted by atomic mass is 9.92. The molecule has 0 fully saturated rings. The summed E-state index contributed by atoms with van der Waals surface area (Å²) in [5.41, 5.74) is 1.39. The predicted octanol–water partition coefficient (Wildman–Crippen LogP) is 3.33. The van der Waals surface area contributed by atoms with Gasteiger partial charge in [-0.2, -0.15) is 0 Å². The van der Waals surface area contributed by atoms with Gasteiger partial charge < -0.3 is 10.4 Å². The van der Waals surface area contributed by atoms with Gasteiger partial charge in [0.1, 0.15) is 0 Å². The van der Waals surface area contributed by atoms with Gasteiger partial charge in [-0.15, -0.1) is 10.2 Å². The molecule has 1 aromatic carbocycles. The average Bonchev–Trinajstić information content (AvgIpc) is 3.21. The number of hydrogen-bond acceptors (Lipinski definition) is 7. The fraction of sp³-hybridized carbons (Fsp3) is 0.294. The number of rotatable bonds is 5. The molecule has 1 amide bonds. The van der Waals surface area contributed by atoms with Crippen LogP contribution in [0.2, 0.25) is 5.02 Å². The van der Waals surface area contributed by atoms with E-state index in [0.29, 0.717) is 21.9 Å². The van der Waals surface area contributed by atoms with Crippen LogP contribution in [0.3, 0.4) is 0 Å². The molecule has 0 saturated carbocycles. The summed E-state index contributed by atoms with van der Waals surface area (Å²) in [6.45, 7) is 6.04. The number of nitrogens with zero attached hydrogens (tertiary/aromatic N) is 4. The highest BCUT2D eigenvalue weighted by molar-refractivity contribution is 7.99. The smallest absolute Gasteiger partial charge is 0.237 e. The summed E-state index contributed by atoms with van der Waals surface area (Å²) in [6.07, 6.45) is 0. The Morgan fingerprint density at radius 3 is 2.63 bits per heavy atom. The fourth-order valence-corrected chi connectivity index (χ4v) is 2.94. The average molecular weight is 407 g/mol. The summed E-state index contributed by atoms with van der Waals surface area (Å²) < 4.78 is 6.49. The van der Waals surface area contributed by atoms with E-state index in [9.17, 15) is 4.79 Å². The zero-order valence-corrected chi connectivity index (χ0v) is 16.6. The Hall–Kier alpha value is -2.52. The molecular weight excluding hydrogens is 388 g/mol. The van der Waals surface area contributed by atoms with Gasteiger partial charge >= 0.3 is 0 Å². The lowest BCUT2D eigenvalue weighted by molar-refractivity contribution is -0.113. The summed E-state index contributed by atoms with van der Waals surface area (Å²) in [5.74, 6) is 6.68. The number of carbonyl (C=O) groups is 1. The number of amides is 1. The zero-order valence-electron chi connectivity index (χ0n) is 15.1. The molecule has 0 bridgehead atoms. The van der Waals surface area contributed by atoms with Crippen molar-refractivity contribution < 1.29 is 9.32 Å². The van der Waals surface area contributed by atoms with Crippen LogP contribution in [0, 0.1) is 0 Å². The Kier molecular flexibility index (Phi) is 5.43. The highest BCUT2D eigenvalue weighted by atomic mass is 35.5. The van der Waals surface area contributed by atoms with Crippen LogP contribution in [0.25, 0.3) is 11.4 Å². The van der Waals surface area contributed by atoms with Crippen molar-refractivity contribution in [1.29, 1.82) is 0 Å². The first-order valence-corrected chi connectivity index (χ1v) is 9.46. The highest BCUT2D eigenvalue weighted by Crippen LogP contribution is 2.25. The summed E-state index contributed by atoms with van der Waals surface area (Å²) >= 11 is 7.06. The molecule has 2 heterocycles. The zero-order chi connectivity index (χ0) is 19.6. The molecule has 3 N–H and O–H groups in total. The number of carbonyl (C=O) groups excluding carboxylic acids is 1. The van der Waals surface area contributed by atoms with Gasteiger partial charge in [0.05, 0.1) is 11.4 Å². The van der Waals surface area contributed by atoms with Gasteiger partial charge in [-0.25, -0.2) is 4.68 Å². The van der Waals surface area contributed by atoms with E-state index >= 15 is 0 Å². The second-order valence-corrected chi connectivity index (χ2v) is 8.23. The van der Waals surface area contributed by atoms with Crippen molar-refractivity contribution in [2.24, 2.45) is 0 Å². The van der Waals surface area contributed by atoms with Crippen molar-refractivity contribution in [2.75, 3.05) is 16.9 Å². The standard InChI is InChI=1S/C17H19ClN6O2S/c1-17(2,3)12-8-14(26-23-12)20-13(25)9-27-16-22-21-15(24(16)19)10-4-6-11(18)7-5-10/h4-8H,9,19H2,1-3H3,(H,20,25). The number of nitrogens with two attached hydrogens (primary N) is 1. The van der Waals surface area contributed by atoms with Crippen molar-refractivity contribution in [3.8, 4) is 11.4 Å². The monoisotopic (exact) mass is 406 g/mol. The summed E-state index contributed by atoms with van der Waals surface area (Å²) in [5, 5.41) is 15.8. The van der Waals surface area contributed by atoms with Crippen LogP contribution in [0.1, 0.15) is 26.5 Å². The normalized spacial score (nSPS) is 11.6. The van der Waals surface area contributed by atoms with E-state index < -0.39 is 0 Å². The fourth-order valence-electron chi connectivity index (χ4n) is 2.16. The molecule has 0 unspecified atom stereocenters. The molecule has 2 aromatic heterocycles. The molecule has 3 rings (SSSR count). The Labute approximate surface area is 165 Å². The van der Waals surface area contributed by atoms with Crippen molar-refractivity contribution in [1.82, 2.24) is 20.0 Å². The van der Waals surface area contributed by atoms with Crippen molar-refractivity contribution in [2.45, 2.75) is 31.3 Å². The largest absolute Gasteiger partial charge is 0.338 e. The number of benzene rings is 1. The molecule has 0 radical (unpaired) electrons. The van der Waals surface area contributed by atoms with Crippen LogP contribution in [-0.4, -0.2) is 31.7 Å². The summed E-state index contributed by atoms with van der Waals surface area (Å²) in [4.78, 5) is 12.1. The molecule has 0 aliphatic carbocycles. The van der Waals surface area contributed by atoms with E-state index in [2.05, 4.69) is 20.7 Å². The molecule has 8 nitrogen and oxygen atoms in total. The first-order valence-electron chi connectivity index (χ1n) is 8.10. The Bertz CT molecular complexity index is 945. The number of aromatic nitrogens is 4. The minimum atomic E-state index is -0.257. The molecule has 0 spiro atoms. The van der Waals surface area contributed by atoms with Crippen LogP contribution >= 0.6 is 23.4 Å². The minimum Gasteiger partial charge on any atom is -0.338 e. The number of halogens is 1. The Morgan fingerprint density at radius 2 is 2.00 bits per heavy atom. The summed E-state index contributed by atoms with van der Waals surface area (Å²) in [7, 11) is 0. The molecular formula is C17H19ClN6O2S. The molecule has 0 aliphatic rings. The molecule has 142 valence electrons. The predicted molar refractivity (Wildman–Crippen MR) is 105 cm³/mol. The maximum absolute atomic E-state index is 12.1. The molecule has 27 heavy (non-hydrogen) atoms. The SMILES string of the molecule is CC(C)(C)c1cc(NC(=O)CSc2nnc(-c3ccc(Cl)cc3)n2N)on1. The second-order valence-electron chi connectivity index (χ2n) is 6.85. The quantitative estimate of drug-likeness (QED) is 0.493. The topological polar surface area (TPSA) is 112 Å². The van der Waals surface area contributed by atoms with E-state index in [1.54, 1.807) is 30.3 Å². The van der Waals surface area contributed by atoms with Crippen molar-refractivity contribution in [3.05, 3.63) is 41.0 Å². The number of thioether (sulfide) groups is 1. The minimum absolute atomic E-state index is 0.0987. The summed E-state index contributed by atoms with van der Waals surface area (Å²) in [6, 6.07) is 8.80. The lowest BCUT2D eigenvalue weighted by Gasteiger charge is -2.12. The van der Waals surface area contributed by atoms with Crippen LogP contribution in [0.15, 0.2) is 40.0 Å². The van der Waals surface area contributed by atoms with E-state index in [1.807, 2.05) is 20.8 Å². The molecule has 10 heteroatoms. The highest BCUT2D eigenvalue weighted by Gasteiger charge is 2.20. The second kappa shape index (κ2) is 7.61. The van der Waals surface area contributed by atoms with Gasteiger partial charge in [-0.3, -0.25) is 10.1 Å². The van der Waals surface area contributed by atoms with Crippen LogP contribution in [0.5, 0.6) is 0 Å². The molecule has 3 aromatic rings. The third kappa shape index (κ3) is 4.61. The maximum atomic E-state index is 12.1. The lowest BCUT2D eigenvalue weighted by Crippen LogP contribution is -2.16. The Morgan fingerprint density at radius 1 is 1.30 bits per heavy atom. The third-order valence-corrected chi connectivity index (χ3v) is 4.84. The molecule has 0 saturated heterocycles. The Balaban J connectivity index is 1.61. The van der Waals surface area contributed by atoms with Gasteiger partial charge in [0.2, 0.25) is 16.9 Å². The van der Waals surface area contributed by atoms with Gasteiger partial charge in [0.15, 0.2) is 5.82 Å². The first kappa shape index (κ1) is 19.2. The van der Waals surface area contributed by atoms with E-state index in [1.165, 1.54) is 16.4 Å². The van der Waals surface area contributed by atoms with Crippen LogP contribution < -0.4 is 11.2 Å². The number of anilines is 1. The molecule has 0 aliphatic heterocycles. The number of nitrogen functional groups attached to an aromatic ring is 1. The van der Waals surface area contributed by atoms with E-state index in [0.717, 1.165) is 11.3 Å². The van der Waals surface area contributed by atoms with Crippen molar-refractivity contribution >= 4 is 35.2 Å². The third-order valence-electron chi connectivity index (χ3n) is 3.64. The number of hydrogen-bond donors (Lipinski definition) is 2. The van der Waals surface area contributed by atoms with E-state index in [-0.39, 0.29) is 17.1 Å². The van der Waals surface area contributed by atoms with Crippen LogP contribution in [-0.2, 0) is 10.2 Å². The van der Waals surface area contributed by atoms with Crippen LogP contribution in [0.4, 0.5) is 5.88 Å². The van der Waals surface area contributed by atoms with Crippen molar-refractivity contribution in [3.63, 3.8) is 0 Å². The first-order chi connectivity index (χ1) is 12.7.